The molecule has 1 unspecified atom stereocenters. The van der Waals surface area contributed by atoms with E-state index < -0.39 is 17.7 Å². The lowest BCUT2D eigenvalue weighted by atomic mass is 9.92. The molecule has 1 amide bonds. The third-order valence-electron chi connectivity index (χ3n) is 5.89. The molecule has 1 fully saturated rings. The van der Waals surface area contributed by atoms with Crippen molar-refractivity contribution in [2.75, 3.05) is 41.4 Å². The highest BCUT2D eigenvalue weighted by molar-refractivity contribution is 6.46. The zero-order chi connectivity index (χ0) is 24.3. The predicted octanol–water partition coefficient (Wildman–Crippen LogP) is 3.81. The van der Waals surface area contributed by atoms with Crippen LogP contribution >= 0.6 is 0 Å². The van der Waals surface area contributed by atoms with Crippen molar-refractivity contribution in [2.45, 2.75) is 25.8 Å². The van der Waals surface area contributed by atoms with E-state index in [2.05, 4.69) is 0 Å². The van der Waals surface area contributed by atoms with Gasteiger partial charge in [0, 0.05) is 24.2 Å². The minimum absolute atomic E-state index is 0.0585. The number of aliphatic hydroxyl groups is 1. The van der Waals surface area contributed by atoms with Gasteiger partial charge in [-0.15, -0.1) is 0 Å². The van der Waals surface area contributed by atoms with E-state index in [1.165, 1.54) is 4.90 Å². The number of methoxy groups -OCH3 is 2. The van der Waals surface area contributed by atoms with E-state index in [0.717, 1.165) is 5.56 Å². The summed E-state index contributed by atoms with van der Waals surface area (Å²) in [5, 5.41) is 11.4. The van der Waals surface area contributed by atoms with Gasteiger partial charge in [0.1, 0.15) is 17.3 Å². The van der Waals surface area contributed by atoms with Gasteiger partial charge in [-0.25, -0.2) is 0 Å². The minimum Gasteiger partial charge on any atom is -0.507 e. The zero-order valence-electron chi connectivity index (χ0n) is 20.1. The Bertz CT molecular complexity index is 1070. The highest BCUT2D eigenvalue weighted by Crippen LogP contribution is 2.43. The Morgan fingerprint density at radius 2 is 1.73 bits per heavy atom. The first-order chi connectivity index (χ1) is 15.7. The van der Waals surface area contributed by atoms with Crippen molar-refractivity contribution in [3.63, 3.8) is 0 Å². The smallest absolute Gasteiger partial charge is 0.295 e. The van der Waals surface area contributed by atoms with Gasteiger partial charge in [0.15, 0.2) is 0 Å². The molecule has 0 aliphatic carbocycles. The number of para-hydroxylation sites is 1. The molecule has 1 saturated heterocycles. The Morgan fingerprint density at radius 3 is 2.33 bits per heavy atom. The summed E-state index contributed by atoms with van der Waals surface area (Å²) in [5.41, 5.74) is 2.07. The lowest BCUT2D eigenvalue weighted by molar-refractivity contribution is -0.140. The van der Waals surface area contributed by atoms with Crippen molar-refractivity contribution in [3.8, 4) is 11.5 Å². The Morgan fingerprint density at radius 1 is 1.06 bits per heavy atom. The highest BCUT2D eigenvalue weighted by atomic mass is 16.5. The summed E-state index contributed by atoms with van der Waals surface area (Å²) in [6.07, 6.45) is 0. The second-order valence-corrected chi connectivity index (χ2v) is 8.65. The molecule has 1 aliphatic rings. The maximum atomic E-state index is 13.2. The van der Waals surface area contributed by atoms with Crippen molar-refractivity contribution in [1.82, 2.24) is 9.80 Å². The number of hydrogen-bond donors (Lipinski definition) is 1. The fourth-order valence-corrected chi connectivity index (χ4v) is 4.12. The van der Waals surface area contributed by atoms with Crippen LogP contribution in [0.5, 0.6) is 11.5 Å². The molecule has 1 heterocycles. The molecular weight excluding hydrogens is 420 g/mol. The van der Waals surface area contributed by atoms with Gasteiger partial charge in [-0.05, 0) is 49.8 Å². The number of amides is 1. The molecule has 0 spiro atoms. The molecule has 0 saturated carbocycles. The molecule has 2 aromatic carbocycles. The Balaban J connectivity index is 2.22. The summed E-state index contributed by atoms with van der Waals surface area (Å²) in [5.74, 6) is -0.158. The first kappa shape index (κ1) is 24.3. The Hall–Kier alpha value is -3.32. The summed E-state index contributed by atoms with van der Waals surface area (Å²) >= 11 is 0. The maximum Gasteiger partial charge on any atom is 0.295 e. The molecule has 0 radical (unpaired) electrons. The topological polar surface area (TPSA) is 79.3 Å². The van der Waals surface area contributed by atoms with Crippen molar-refractivity contribution in [2.24, 2.45) is 0 Å². The maximum absolute atomic E-state index is 13.2. The summed E-state index contributed by atoms with van der Waals surface area (Å²) in [7, 11) is 6.95. The number of nitrogens with zero attached hydrogens (tertiary/aromatic N) is 2. The average Bonchev–Trinajstić information content (AvgIpc) is 3.06. The number of likely N-dealkylation sites (N-methyl/N-ethyl adjacent to an activating group) is 1. The summed E-state index contributed by atoms with van der Waals surface area (Å²) < 4.78 is 11.0. The van der Waals surface area contributed by atoms with Crippen molar-refractivity contribution in [1.29, 1.82) is 0 Å². The first-order valence-corrected chi connectivity index (χ1v) is 11.0. The van der Waals surface area contributed by atoms with Crippen LogP contribution < -0.4 is 9.47 Å². The average molecular weight is 453 g/mol. The van der Waals surface area contributed by atoms with Gasteiger partial charge in [-0.1, -0.05) is 32.0 Å². The normalized spacial score (nSPS) is 17.8. The molecule has 33 heavy (non-hydrogen) atoms. The standard InChI is InChI=1S/C26H32N2O5/c1-16(2)19-15-17(11-12-21(19)33-6)24(29)22-23(18-9-7-8-10-20(18)32-5)28(14-13-27(3)4)26(31)25(22)30/h7-12,15-16,23,29H,13-14H2,1-6H3/b24-22+. The molecule has 0 aromatic heterocycles. The number of carbonyl (C=O) groups excluding carboxylic acids is 2. The molecule has 7 heteroatoms. The van der Waals surface area contributed by atoms with E-state index in [4.69, 9.17) is 9.47 Å². The molecule has 176 valence electrons. The second-order valence-electron chi connectivity index (χ2n) is 8.65. The van der Waals surface area contributed by atoms with Crippen LogP contribution in [0.1, 0.15) is 42.5 Å². The van der Waals surface area contributed by atoms with E-state index in [1.54, 1.807) is 32.4 Å². The summed E-state index contributed by atoms with van der Waals surface area (Å²) in [6, 6.07) is 11.8. The Kier molecular flexibility index (Phi) is 7.43. The molecular formula is C26H32N2O5. The van der Waals surface area contributed by atoms with Crippen molar-refractivity contribution in [3.05, 3.63) is 64.7 Å². The van der Waals surface area contributed by atoms with Crippen LogP contribution in [0.3, 0.4) is 0 Å². The monoisotopic (exact) mass is 452 g/mol. The number of ether oxygens (including phenoxy) is 2. The second kappa shape index (κ2) is 10.1. The van der Waals surface area contributed by atoms with Gasteiger partial charge in [0.2, 0.25) is 0 Å². The Labute approximate surface area is 195 Å². The largest absolute Gasteiger partial charge is 0.507 e. The predicted molar refractivity (Wildman–Crippen MR) is 128 cm³/mol. The van der Waals surface area contributed by atoms with Crippen molar-refractivity contribution < 1.29 is 24.2 Å². The van der Waals surface area contributed by atoms with Crippen LogP contribution in [0.15, 0.2) is 48.0 Å². The number of aliphatic hydroxyl groups excluding tert-OH is 1. The molecule has 1 aliphatic heterocycles. The quantitative estimate of drug-likeness (QED) is 0.373. The molecule has 2 aromatic rings. The number of ketones is 1. The lowest BCUT2D eigenvalue weighted by Gasteiger charge is -2.27. The molecule has 1 atom stereocenters. The molecule has 3 rings (SSSR count). The van der Waals surface area contributed by atoms with Gasteiger partial charge in [0.25, 0.3) is 11.7 Å². The minimum atomic E-state index is -0.759. The van der Waals surface area contributed by atoms with Gasteiger partial charge >= 0.3 is 0 Å². The third-order valence-corrected chi connectivity index (χ3v) is 5.89. The number of Topliss-reactive ketones (excluding diaryl/α,β-unsaturated/α-hetero) is 1. The summed E-state index contributed by atoms with van der Waals surface area (Å²) in [4.78, 5) is 29.7. The molecule has 7 nitrogen and oxygen atoms in total. The zero-order valence-corrected chi connectivity index (χ0v) is 20.1. The van der Waals surface area contributed by atoms with Crippen LogP contribution in [0.4, 0.5) is 0 Å². The number of hydrogen-bond acceptors (Lipinski definition) is 6. The van der Waals surface area contributed by atoms with E-state index >= 15 is 0 Å². The van der Waals surface area contributed by atoms with Gasteiger partial charge in [0.05, 0.1) is 25.8 Å². The van der Waals surface area contributed by atoms with Crippen LogP contribution in [-0.4, -0.2) is 68.0 Å². The third kappa shape index (κ3) is 4.73. The van der Waals surface area contributed by atoms with Crippen molar-refractivity contribution >= 4 is 17.4 Å². The number of rotatable bonds is 8. The number of benzene rings is 2. The van der Waals surface area contributed by atoms with E-state index in [1.807, 2.05) is 57.1 Å². The van der Waals surface area contributed by atoms with Crippen LogP contribution in [0.25, 0.3) is 5.76 Å². The van der Waals surface area contributed by atoms with E-state index in [-0.39, 0.29) is 17.3 Å². The van der Waals surface area contributed by atoms with Gasteiger partial charge in [-0.3, -0.25) is 9.59 Å². The van der Waals surface area contributed by atoms with E-state index in [9.17, 15) is 14.7 Å². The molecule has 0 bridgehead atoms. The van der Waals surface area contributed by atoms with Gasteiger partial charge in [-0.2, -0.15) is 0 Å². The lowest BCUT2D eigenvalue weighted by Crippen LogP contribution is -2.35. The number of carbonyl (C=O) groups is 2. The van der Waals surface area contributed by atoms with Crippen LogP contribution in [-0.2, 0) is 9.59 Å². The molecule has 1 N–H and O–H groups in total. The van der Waals surface area contributed by atoms with Gasteiger partial charge < -0.3 is 24.4 Å². The summed E-state index contributed by atoms with van der Waals surface area (Å²) in [6.45, 7) is 4.95. The SMILES string of the molecule is COc1ccc(/C(O)=C2\C(=O)C(=O)N(CCN(C)C)C2c2ccccc2OC)cc1C(C)C. The number of likely N-dealkylation sites (tertiary alicyclic amines) is 1. The fourth-order valence-electron chi connectivity index (χ4n) is 4.12. The fraction of sp³-hybridized carbons (Fsp3) is 0.385. The highest BCUT2D eigenvalue weighted by Gasteiger charge is 2.46. The first-order valence-electron chi connectivity index (χ1n) is 11.0. The van der Waals surface area contributed by atoms with E-state index in [0.29, 0.717) is 35.7 Å². The van der Waals surface area contributed by atoms with Crippen LogP contribution in [0, 0.1) is 0 Å². The van der Waals surface area contributed by atoms with Crippen LogP contribution in [0.2, 0.25) is 0 Å².